The quantitative estimate of drug-likeness (QED) is 0.581. The second kappa shape index (κ2) is 5.29. The van der Waals surface area contributed by atoms with Crippen molar-refractivity contribution in [3.63, 3.8) is 0 Å². The van der Waals surface area contributed by atoms with Crippen molar-refractivity contribution in [2.75, 3.05) is 5.43 Å². The molecule has 0 radical (unpaired) electrons. The lowest BCUT2D eigenvalue weighted by molar-refractivity contribution is 0.101. The lowest BCUT2D eigenvalue weighted by Gasteiger charge is -2.10. The monoisotopic (exact) mass is 300 g/mol. The van der Waals surface area contributed by atoms with Crippen LogP contribution in [0.15, 0.2) is 72.8 Å². The molecule has 0 saturated carbocycles. The second-order valence-corrected chi connectivity index (χ2v) is 5.68. The molecule has 0 aliphatic rings. The van der Waals surface area contributed by atoms with E-state index in [4.69, 9.17) is 0 Å². The van der Waals surface area contributed by atoms with Crippen LogP contribution in [0.3, 0.4) is 0 Å². The first kappa shape index (κ1) is 13.6. The van der Waals surface area contributed by atoms with Gasteiger partial charge in [0.1, 0.15) is 0 Å². The van der Waals surface area contributed by atoms with E-state index in [-0.39, 0.29) is 5.91 Å². The fourth-order valence-corrected chi connectivity index (χ4v) is 2.96. The summed E-state index contributed by atoms with van der Waals surface area (Å²) >= 11 is 0. The Kier molecular flexibility index (Phi) is 3.12. The maximum Gasteiger partial charge on any atom is 0.270 e. The van der Waals surface area contributed by atoms with Gasteiger partial charge in [0.2, 0.25) is 0 Å². The average Bonchev–Trinajstić information content (AvgIpc) is 2.89. The van der Waals surface area contributed by atoms with Crippen LogP contribution in [0.5, 0.6) is 0 Å². The molecular formula is C20H16N2O. The van der Waals surface area contributed by atoms with Gasteiger partial charge in [0.05, 0.1) is 11.0 Å². The minimum atomic E-state index is -0.116. The number of para-hydroxylation sites is 1. The smallest absolute Gasteiger partial charge is 0.267 e. The Morgan fingerprint density at radius 2 is 1.52 bits per heavy atom. The second-order valence-electron chi connectivity index (χ2n) is 5.68. The number of rotatable bonds is 2. The van der Waals surface area contributed by atoms with Crippen LogP contribution in [0, 0.1) is 6.92 Å². The highest BCUT2D eigenvalue weighted by molar-refractivity contribution is 6.10. The number of nitrogens with one attached hydrogen (secondary N) is 1. The number of nitrogens with zero attached hydrogens (tertiary/aromatic N) is 1. The molecule has 23 heavy (non-hydrogen) atoms. The first-order chi connectivity index (χ1) is 11.2. The number of benzene rings is 3. The summed E-state index contributed by atoms with van der Waals surface area (Å²) in [6, 6.07) is 23.7. The molecule has 3 nitrogen and oxygen atoms in total. The number of hydrogen-bond donors (Lipinski definition) is 1. The summed E-state index contributed by atoms with van der Waals surface area (Å²) in [4.78, 5) is 12.6. The van der Waals surface area contributed by atoms with Crippen molar-refractivity contribution in [1.29, 1.82) is 0 Å². The van der Waals surface area contributed by atoms with Gasteiger partial charge in [0.25, 0.3) is 5.91 Å². The van der Waals surface area contributed by atoms with E-state index in [9.17, 15) is 4.79 Å². The molecular weight excluding hydrogens is 284 g/mol. The van der Waals surface area contributed by atoms with Crippen LogP contribution >= 0.6 is 0 Å². The van der Waals surface area contributed by atoms with Gasteiger partial charge in [-0.1, -0.05) is 48.5 Å². The van der Waals surface area contributed by atoms with Gasteiger partial charge in [0.15, 0.2) is 0 Å². The summed E-state index contributed by atoms with van der Waals surface area (Å²) in [6.45, 7) is 2.06. The predicted molar refractivity (Wildman–Crippen MR) is 94.3 cm³/mol. The number of carbonyl (C=O) groups is 1. The molecule has 0 bridgehead atoms. The van der Waals surface area contributed by atoms with Crippen LogP contribution in [-0.4, -0.2) is 10.6 Å². The van der Waals surface area contributed by atoms with Crippen LogP contribution in [-0.2, 0) is 0 Å². The molecule has 0 unspecified atom stereocenters. The van der Waals surface area contributed by atoms with E-state index in [1.807, 2.05) is 53.2 Å². The molecule has 0 spiro atoms. The predicted octanol–water partition coefficient (Wildman–Crippen LogP) is 4.49. The molecule has 4 aromatic rings. The molecule has 0 saturated heterocycles. The Morgan fingerprint density at radius 3 is 2.35 bits per heavy atom. The zero-order valence-corrected chi connectivity index (χ0v) is 12.8. The molecule has 112 valence electrons. The highest BCUT2D eigenvalue weighted by Crippen LogP contribution is 2.28. The maximum absolute atomic E-state index is 12.6. The molecule has 0 aliphatic carbocycles. The van der Waals surface area contributed by atoms with Crippen LogP contribution in [0.4, 0.5) is 0 Å². The molecule has 3 heteroatoms. The number of hydrogen-bond acceptors (Lipinski definition) is 1. The van der Waals surface area contributed by atoms with Crippen LogP contribution in [0.1, 0.15) is 15.9 Å². The van der Waals surface area contributed by atoms with Gasteiger partial charge in [-0.15, -0.1) is 0 Å². The lowest BCUT2D eigenvalue weighted by atomic mass is 10.1. The molecule has 4 rings (SSSR count). The molecule has 0 atom stereocenters. The van der Waals surface area contributed by atoms with Crippen molar-refractivity contribution < 1.29 is 4.79 Å². The fraction of sp³-hybridized carbons (Fsp3) is 0.0500. The minimum Gasteiger partial charge on any atom is -0.267 e. The third-order valence-electron chi connectivity index (χ3n) is 4.08. The van der Waals surface area contributed by atoms with Crippen molar-refractivity contribution in [1.82, 2.24) is 4.68 Å². The van der Waals surface area contributed by atoms with Crippen molar-refractivity contribution in [3.05, 3.63) is 83.9 Å². The Bertz CT molecular complexity index is 1020. The van der Waals surface area contributed by atoms with Crippen molar-refractivity contribution in [2.45, 2.75) is 6.92 Å². The largest absolute Gasteiger partial charge is 0.270 e. The van der Waals surface area contributed by atoms with Gasteiger partial charge in [-0.2, -0.15) is 0 Å². The van der Waals surface area contributed by atoms with Crippen molar-refractivity contribution in [2.24, 2.45) is 0 Å². The van der Waals surface area contributed by atoms with E-state index < -0.39 is 0 Å². The summed E-state index contributed by atoms with van der Waals surface area (Å²) in [5.41, 5.74) is 6.84. The van der Waals surface area contributed by atoms with E-state index in [0.29, 0.717) is 5.56 Å². The third kappa shape index (κ3) is 2.27. The van der Waals surface area contributed by atoms with E-state index in [1.165, 1.54) is 0 Å². The van der Waals surface area contributed by atoms with Crippen LogP contribution in [0.25, 0.3) is 21.8 Å². The van der Waals surface area contributed by atoms with Crippen molar-refractivity contribution in [3.8, 4) is 0 Å². The normalized spacial score (nSPS) is 11.0. The number of amides is 1. The summed E-state index contributed by atoms with van der Waals surface area (Å²) in [7, 11) is 0. The molecule has 1 N–H and O–H groups in total. The molecule has 1 heterocycles. The van der Waals surface area contributed by atoms with E-state index in [2.05, 4.69) is 36.6 Å². The highest BCUT2D eigenvalue weighted by atomic mass is 16.2. The first-order valence-corrected chi connectivity index (χ1v) is 7.60. The minimum absolute atomic E-state index is 0.116. The fourth-order valence-electron chi connectivity index (χ4n) is 2.96. The highest BCUT2D eigenvalue weighted by Gasteiger charge is 2.13. The standard InChI is InChI=1S/C20H16N2O/c1-14-11-12-17-16-9-5-6-10-18(16)22(19(17)13-14)21-20(23)15-7-3-2-4-8-15/h2-13H,1H3,(H,21,23). The number of carbonyl (C=O) groups excluding carboxylic acids is 1. The number of aryl methyl sites for hydroxylation is 1. The van der Waals surface area contributed by atoms with Gasteiger partial charge < -0.3 is 0 Å². The molecule has 1 amide bonds. The van der Waals surface area contributed by atoms with Crippen LogP contribution < -0.4 is 5.43 Å². The summed E-state index contributed by atoms with van der Waals surface area (Å²) < 4.78 is 1.88. The number of aromatic nitrogens is 1. The van der Waals surface area contributed by atoms with E-state index in [0.717, 1.165) is 27.4 Å². The first-order valence-electron chi connectivity index (χ1n) is 7.60. The van der Waals surface area contributed by atoms with Crippen molar-refractivity contribution >= 4 is 27.7 Å². The molecule has 1 aromatic heterocycles. The Labute approximate surface area is 134 Å². The summed E-state index contributed by atoms with van der Waals surface area (Å²) in [5, 5.41) is 2.27. The van der Waals surface area contributed by atoms with Gasteiger partial charge >= 0.3 is 0 Å². The van der Waals surface area contributed by atoms with E-state index in [1.54, 1.807) is 0 Å². The van der Waals surface area contributed by atoms with Crippen LogP contribution in [0.2, 0.25) is 0 Å². The zero-order valence-electron chi connectivity index (χ0n) is 12.8. The van der Waals surface area contributed by atoms with E-state index >= 15 is 0 Å². The Balaban J connectivity index is 1.91. The Morgan fingerprint density at radius 1 is 0.826 bits per heavy atom. The molecule has 0 aliphatic heterocycles. The van der Waals surface area contributed by atoms with Gasteiger partial charge in [-0.3, -0.25) is 14.9 Å². The Hall–Kier alpha value is -3.07. The van der Waals surface area contributed by atoms with Gasteiger partial charge in [-0.05, 0) is 36.8 Å². The average molecular weight is 300 g/mol. The van der Waals surface area contributed by atoms with Gasteiger partial charge in [0, 0.05) is 16.3 Å². The SMILES string of the molecule is Cc1ccc2c3ccccc3n(NC(=O)c3ccccc3)c2c1. The molecule has 0 fully saturated rings. The number of fused-ring (bicyclic) bond motifs is 3. The van der Waals surface area contributed by atoms with Gasteiger partial charge in [-0.25, -0.2) is 0 Å². The topological polar surface area (TPSA) is 34.0 Å². The lowest BCUT2D eigenvalue weighted by Crippen LogP contribution is -2.22. The molecule has 3 aromatic carbocycles. The summed E-state index contributed by atoms with van der Waals surface area (Å²) in [5.74, 6) is -0.116. The zero-order chi connectivity index (χ0) is 15.8. The maximum atomic E-state index is 12.6. The summed E-state index contributed by atoms with van der Waals surface area (Å²) in [6.07, 6.45) is 0. The third-order valence-corrected chi connectivity index (χ3v) is 4.08.